The van der Waals surface area contributed by atoms with Gasteiger partial charge in [-0.15, -0.1) is 0 Å². The largest absolute Gasteiger partial charge is 0.507 e. The molecule has 15 heavy (non-hydrogen) atoms. The average Bonchev–Trinajstić information content (AvgIpc) is 2.08. The van der Waals surface area contributed by atoms with Gasteiger partial charge in [0.05, 0.1) is 0 Å². The van der Waals surface area contributed by atoms with Crippen LogP contribution in [-0.4, -0.2) is 5.11 Å². The van der Waals surface area contributed by atoms with Crippen LogP contribution in [0.2, 0.25) is 0 Å². The van der Waals surface area contributed by atoms with Crippen LogP contribution in [0, 0.1) is 12.8 Å². The highest BCUT2D eigenvalue weighted by molar-refractivity contribution is 9.10. The van der Waals surface area contributed by atoms with Gasteiger partial charge in [0.15, 0.2) is 0 Å². The van der Waals surface area contributed by atoms with Crippen LogP contribution < -0.4 is 5.73 Å². The smallest absolute Gasteiger partial charge is 0.123 e. The lowest BCUT2D eigenvalue weighted by atomic mass is 9.77. The maximum absolute atomic E-state index is 9.96. The van der Waals surface area contributed by atoms with Crippen LogP contribution in [0.4, 0.5) is 0 Å². The van der Waals surface area contributed by atoms with Crippen molar-refractivity contribution in [3.8, 4) is 5.75 Å². The van der Waals surface area contributed by atoms with Crippen molar-refractivity contribution in [1.82, 2.24) is 0 Å². The first kappa shape index (κ1) is 11.0. The Morgan fingerprint density at radius 3 is 2.67 bits per heavy atom. The molecule has 2 nitrogen and oxygen atoms in total. The van der Waals surface area contributed by atoms with Crippen LogP contribution in [0.1, 0.15) is 36.4 Å². The first-order valence-corrected chi connectivity index (χ1v) is 6.13. The van der Waals surface area contributed by atoms with E-state index in [2.05, 4.69) is 15.9 Å². The Balaban J connectivity index is 2.33. The first-order chi connectivity index (χ1) is 7.09. The molecular weight excluding hydrogens is 254 g/mol. The van der Waals surface area contributed by atoms with E-state index < -0.39 is 0 Å². The Kier molecular flexibility index (Phi) is 3.03. The predicted octanol–water partition coefficient (Wildman–Crippen LogP) is 3.26. The predicted molar refractivity (Wildman–Crippen MR) is 64.8 cm³/mol. The van der Waals surface area contributed by atoms with Gasteiger partial charge in [-0.3, -0.25) is 0 Å². The van der Waals surface area contributed by atoms with Crippen LogP contribution in [-0.2, 0) is 0 Å². The fourth-order valence-electron chi connectivity index (χ4n) is 2.07. The summed E-state index contributed by atoms with van der Waals surface area (Å²) in [6.45, 7) is 1.90. The summed E-state index contributed by atoms with van der Waals surface area (Å²) in [6, 6.07) is 3.83. The highest BCUT2D eigenvalue weighted by Gasteiger charge is 2.27. The number of aryl methyl sites for hydroxylation is 1. The molecule has 0 spiro atoms. The van der Waals surface area contributed by atoms with E-state index in [0.29, 0.717) is 11.7 Å². The Bertz CT molecular complexity index is 374. The Morgan fingerprint density at radius 1 is 1.47 bits per heavy atom. The van der Waals surface area contributed by atoms with E-state index in [1.807, 2.05) is 19.1 Å². The van der Waals surface area contributed by atoms with Gasteiger partial charge < -0.3 is 10.8 Å². The summed E-state index contributed by atoms with van der Waals surface area (Å²) < 4.78 is 0.988. The summed E-state index contributed by atoms with van der Waals surface area (Å²) in [5, 5.41) is 9.96. The third-order valence-corrected chi connectivity index (χ3v) is 3.77. The second kappa shape index (κ2) is 4.14. The zero-order valence-electron chi connectivity index (χ0n) is 8.83. The number of benzene rings is 1. The average molecular weight is 270 g/mol. The SMILES string of the molecule is Cc1cc(Br)cc([C@@H](N)C2CCC2)c1O. The third-order valence-electron chi connectivity index (χ3n) is 3.31. The normalized spacial score (nSPS) is 18.6. The standard InChI is InChI=1S/C12H16BrNO/c1-7-5-9(13)6-10(12(7)15)11(14)8-3-2-4-8/h5-6,8,11,15H,2-4,14H2,1H3/t11-/m0/s1. The van der Waals surface area contributed by atoms with Crippen molar-refractivity contribution in [1.29, 1.82) is 0 Å². The molecule has 1 aromatic rings. The molecule has 0 amide bonds. The number of nitrogens with two attached hydrogens (primary N) is 1. The molecule has 1 aliphatic carbocycles. The van der Waals surface area contributed by atoms with Crippen LogP contribution in [0.25, 0.3) is 0 Å². The maximum Gasteiger partial charge on any atom is 0.123 e. The quantitative estimate of drug-likeness (QED) is 0.866. The molecule has 0 unspecified atom stereocenters. The molecule has 1 atom stereocenters. The fraction of sp³-hybridized carbons (Fsp3) is 0.500. The topological polar surface area (TPSA) is 46.2 Å². The molecule has 3 heteroatoms. The molecule has 2 rings (SSSR count). The lowest BCUT2D eigenvalue weighted by Crippen LogP contribution is -2.27. The van der Waals surface area contributed by atoms with Gasteiger partial charge in [-0.2, -0.15) is 0 Å². The second-order valence-electron chi connectivity index (χ2n) is 4.38. The van der Waals surface area contributed by atoms with Gasteiger partial charge in [-0.25, -0.2) is 0 Å². The van der Waals surface area contributed by atoms with Crippen molar-refractivity contribution in [2.75, 3.05) is 0 Å². The number of aromatic hydroxyl groups is 1. The van der Waals surface area contributed by atoms with E-state index >= 15 is 0 Å². The van der Waals surface area contributed by atoms with E-state index in [1.165, 1.54) is 19.3 Å². The summed E-state index contributed by atoms with van der Waals surface area (Å²) in [7, 11) is 0. The van der Waals surface area contributed by atoms with Crippen LogP contribution in [0.15, 0.2) is 16.6 Å². The summed E-state index contributed by atoms with van der Waals surface area (Å²) in [5.74, 6) is 0.905. The molecule has 0 bridgehead atoms. The molecule has 1 fully saturated rings. The Hall–Kier alpha value is -0.540. The summed E-state index contributed by atoms with van der Waals surface area (Å²) in [6.07, 6.45) is 3.64. The van der Waals surface area contributed by atoms with Crippen LogP contribution in [0.5, 0.6) is 5.75 Å². The van der Waals surface area contributed by atoms with Gasteiger partial charge in [0.2, 0.25) is 0 Å². The van der Waals surface area contributed by atoms with Gasteiger partial charge in [-0.05, 0) is 43.4 Å². The highest BCUT2D eigenvalue weighted by Crippen LogP contribution is 2.40. The molecule has 1 aliphatic rings. The summed E-state index contributed by atoms with van der Waals surface area (Å²) in [4.78, 5) is 0. The summed E-state index contributed by atoms with van der Waals surface area (Å²) >= 11 is 3.44. The van der Waals surface area contributed by atoms with Gasteiger partial charge in [0, 0.05) is 16.1 Å². The second-order valence-corrected chi connectivity index (χ2v) is 5.29. The lowest BCUT2D eigenvalue weighted by molar-refractivity contribution is 0.260. The van der Waals surface area contributed by atoms with Crippen LogP contribution in [0.3, 0.4) is 0 Å². The lowest BCUT2D eigenvalue weighted by Gasteiger charge is -2.32. The number of phenolic OH excluding ortho intramolecular Hbond substituents is 1. The minimum Gasteiger partial charge on any atom is -0.507 e. The molecule has 0 aromatic heterocycles. The molecule has 0 radical (unpaired) electrons. The van der Waals surface area contributed by atoms with E-state index in [1.54, 1.807) is 0 Å². The number of rotatable bonds is 2. The van der Waals surface area contributed by atoms with Crippen molar-refractivity contribution >= 4 is 15.9 Å². The van der Waals surface area contributed by atoms with Crippen LogP contribution >= 0.6 is 15.9 Å². The third kappa shape index (κ3) is 2.04. The zero-order valence-corrected chi connectivity index (χ0v) is 10.4. The van der Waals surface area contributed by atoms with Gasteiger partial charge in [-0.1, -0.05) is 22.4 Å². The Labute approximate surface area is 98.6 Å². The van der Waals surface area contributed by atoms with Crippen molar-refractivity contribution in [2.45, 2.75) is 32.2 Å². The zero-order chi connectivity index (χ0) is 11.0. The van der Waals surface area contributed by atoms with Gasteiger partial charge in [0.1, 0.15) is 5.75 Å². The Morgan fingerprint density at radius 2 is 2.13 bits per heavy atom. The molecule has 1 saturated carbocycles. The maximum atomic E-state index is 9.96. The molecule has 0 aliphatic heterocycles. The minimum absolute atomic E-state index is 0.0186. The monoisotopic (exact) mass is 269 g/mol. The van der Waals surface area contributed by atoms with Crippen molar-refractivity contribution in [3.63, 3.8) is 0 Å². The summed E-state index contributed by atoms with van der Waals surface area (Å²) in [5.41, 5.74) is 7.92. The minimum atomic E-state index is -0.0186. The van der Waals surface area contributed by atoms with E-state index in [4.69, 9.17) is 5.73 Å². The number of hydrogen-bond acceptors (Lipinski definition) is 2. The highest BCUT2D eigenvalue weighted by atomic mass is 79.9. The van der Waals surface area contributed by atoms with E-state index in [-0.39, 0.29) is 6.04 Å². The molecule has 82 valence electrons. The molecule has 3 N–H and O–H groups in total. The molecule has 1 aromatic carbocycles. The molecular formula is C12H16BrNO. The van der Waals surface area contributed by atoms with Crippen molar-refractivity contribution in [3.05, 3.63) is 27.7 Å². The number of hydrogen-bond donors (Lipinski definition) is 2. The first-order valence-electron chi connectivity index (χ1n) is 5.34. The van der Waals surface area contributed by atoms with E-state index in [0.717, 1.165) is 15.6 Å². The van der Waals surface area contributed by atoms with E-state index in [9.17, 15) is 5.11 Å². The van der Waals surface area contributed by atoms with Gasteiger partial charge in [0.25, 0.3) is 0 Å². The van der Waals surface area contributed by atoms with Crippen molar-refractivity contribution < 1.29 is 5.11 Å². The fourth-order valence-corrected chi connectivity index (χ4v) is 2.66. The van der Waals surface area contributed by atoms with Crippen molar-refractivity contribution in [2.24, 2.45) is 11.7 Å². The number of halogens is 1. The molecule has 0 heterocycles. The van der Waals surface area contributed by atoms with Gasteiger partial charge >= 0.3 is 0 Å². The molecule has 0 saturated heterocycles. The number of phenols is 1.